The Morgan fingerprint density at radius 3 is 2.17 bits per heavy atom. The minimum Gasteiger partial charge on any atom is -0.489 e. The zero-order valence-electron chi connectivity index (χ0n) is 21.9. The molecule has 2 aromatic rings. The Bertz CT molecular complexity index is 956. The third-order valence-electron chi connectivity index (χ3n) is 6.80. The highest BCUT2D eigenvalue weighted by molar-refractivity contribution is 9.10. The fourth-order valence-corrected chi connectivity index (χ4v) is 10.8. The molecular formula is C28H39BrN2O3Si. The normalized spacial score (nSPS) is 17.8. The van der Waals surface area contributed by atoms with E-state index < -0.39 is 8.32 Å². The third kappa shape index (κ3) is 7.55. The standard InChI is InChI=1S/C28H39BrN2O3Si/c1-20(2)35(21(3)4,22(5)6)32-15-9-7-8-10-24-12-13-25(19-30-24)33-26-16-27(17-26)34-28-14-11-23(29)18-31-28/h11-14,18-22,26-27H,7,9,15-17H2,1-6H3. The SMILES string of the molecule is CC(C)[Si](OCCCC#Cc1ccc(OC2CC(Oc3ccc(Br)cn3)C2)cn1)(C(C)C)C(C)C. The van der Waals surface area contributed by atoms with Crippen LogP contribution in [0.3, 0.4) is 0 Å². The molecule has 0 aliphatic heterocycles. The molecule has 3 rings (SSSR count). The van der Waals surface area contributed by atoms with Crippen molar-refractivity contribution in [2.45, 2.75) is 96.1 Å². The summed E-state index contributed by atoms with van der Waals surface area (Å²) >= 11 is 3.38. The Labute approximate surface area is 220 Å². The van der Waals surface area contributed by atoms with Crippen molar-refractivity contribution < 1.29 is 13.9 Å². The molecule has 2 heterocycles. The van der Waals surface area contributed by atoms with Crippen LogP contribution in [0.5, 0.6) is 11.6 Å². The molecule has 0 unspecified atom stereocenters. The van der Waals surface area contributed by atoms with E-state index in [1.807, 2.05) is 24.3 Å². The number of pyridine rings is 2. The maximum Gasteiger partial charge on any atom is 0.213 e. The van der Waals surface area contributed by atoms with Crippen molar-refractivity contribution in [3.05, 3.63) is 46.8 Å². The molecule has 0 bridgehead atoms. The van der Waals surface area contributed by atoms with Crippen molar-refractivity contribution in [1.29, 1.82) is 0 Å². The van der Waals surface area contributed by atoms with Gasteiger partial charge in [0.2, 0.25) is 5.88 Å². The molecule has 7 heteroatoms. The first kappa shape index (κ1) is 27.7. The molecule has 0 saturated heterocycles. The second-order valence-electron chi connectivity index (χ2n) is 10.2. The summed E-state index contributed by atoms with van der Waals surface area (Å²) in [6, 6.07) is 7.66. The van der Waals surface area contributed by atoms with E-state index in [1.54, 1.807) is 12.4 Å². The number of hydrogen-bond donors (Lipinski definition) is 0. The zero-order chi connectivity index (χ0) is 25.4. The summed E-state index contributed by atoms with van der Waals surface area (Å²) < 4.78 is 19.4. The van der Waals surface area contributed by atoms with Crippen molar-refractivity contribution in [1.82, 2.24) is 9.97 Å². The van der Waals surface area contributed by atoms with Crippen molar-refractivity contribution in [3.63, 3.8) is 0 Å². The monoisotopic (exact) mass is 558 g/mol. The van der Waals surface area contributed by atoms with Crippen LogP contribution < -0.4 is 9.47 Å². The Hall–Kier alpha value is -1.88. The first-order chi connectivity index (χ1) is 16.7. The fraction of sp³-hybridized carbons (Fsp3) is 0.571. The molecule has 1 aliphatic carbocycles. The van der Waals surface area contributed by atoms with Crippen LogP contribution in [0.15, 0.2) is 41.1 Å². The number of halogens is 1. The van der Waals surface area contributed by atoms with Crippen molar-refractivity contribution in [2.24, 2.45) is 0 Å². The van der Waals surface area contributed by atoms with Crippen LogP contribution in [0, 0.1) is 11.8 Å². The van der Waals surface area contributed by atoms with E-state index >= 15 is 0 Å². The molecule has 2 aromatic heterocycles. The Morgan fingerprint density at radius 1 is 0.914 bits per heavy atom. The molecule has 35 heavy (non-hydrogen) atoms. The maximum atomic E-state index is 6.61. The molecule has 0 aromatic carbocycles. The van der Waals surface area contributed by atoms with Gasteiger partial charge in [-0.05, 0) is 63.1 Å². The summed E-state index contributed by atoms with van der Waals surface area (Å²) in [6.07, 6.45) is 7.24. The van der Waals surface area contributed by atoms with Crippen molar-refractivity contribution >= 4 is 24.2 Å². The molecule has 0 N–H and O–H groups in total. The van der Waals surface area contributed by atoms with Crippen molar-refractivity contribution in [2.75, 3.05) is 6.61 Å². The lowest BCUT2D eigenvalue weighted by Crippen LogP contribution is -2.47. The summed E-state index contributed by atoms with van der Waals surface area (Å²) in [5.41, 5.74) is 2.60. The maximum absolute atomic E-state index is 6.61. The topological polar surface area (TPSA) is 53.5 Å². The lowest BCUT2D eigenvalue weighted by atomic mass is 9.92. The van der Waals surface area contributed by atoms with Gasteiger partial charge in [-0.15, -0.1) is 0 Å². The van der Waals surface area contributed by atoms with Gasteiger partial charge in [0.15, 0.2) is 8.32 Å². The quantitative estimate of drug-likeness (QED) is 0.162. The van der Waals surface area contributed by atoms with E-state index in [0.717, 1.165) is 48.2 Å². The van der Waals surface area contributed by atoms with Crippen LogP contribution in [0.25, 0.3) is 0 Å². The van der Waals surface area contributed by atoms with Gasteiger partial charge in [0.1, 0.15) is 23.7 Å². The van der Waals surface area contributed by atoms with Crippen LogP contribution in [-0.2, 0) is 4.43 Å². The lowest BCUT2D eigenvalue weighted by Gasteiger charge is -2.42. The average molecular weight is 560 g/mol. The summed E-state index contributed by atoms with van der Waals surface area (Å²) in [7, 11) is -1.78. The van der Waals surface area contributed by atoms with Gasteiger partial charge in [0.25, 0.3) is 0 Å². The highest BCUT2D eigenvalue weighted by Gasteiger charge is 2.44. The number of ether oxygens (including phenoxy) is 2. The molecule has 1 fully saturated rings. The van der Waals surface area contributed by atoms with E-state index in [-0.39, 0.29) is 12.2 Å². The Balaban J connectivity index is 1.37. The summed E-state index contributed by atoms with van der Waals surface area (Å²) in [4.78, 5) is 8.70. The zero-order valence-corrected chi connectivity index (χ0v) is 24.5. The molecule has 1 saturated carbocycles. The largest absolute Gasteiger partial charge is 0.489 e. The van der Waals surface area contributed by atoms with Gasteiger partial charge >= 0.3 is 0 Å². The van der Waals surface area contributed by atoms with E-state index in [9.17, 15) is 0 Å². The van der Waals surface area contributed by atoms with Crippen LogP contribution in [0.1, 0.15) is 72.9 Å². The lowest BCUT2D eigenvalue weighted by molar-refractivity contribution is 0.00207. The predicted molar refractivity (Wildman–Crippen MR) is 147 cm³/mol. The van der Waals surface area contributed by atoms with Crippen LogP contribution in [0.4, 0.5) is 0 Å². The van der Waals surface area contributed by atoms with Gasteiger partial charge in [0, 0.05) is 42.6 Å². The Kier molecular flexibility index (Phi) is 10.2. The summed E-state index contributed by atoms with van der Waals surface area (Å²) in [5.74, 6) is 7.83. The van der Waals surface area contributed by atoms with E-state index in [2.05, 4.69) is 79.3 Å². The molecular weight excluding hydrogens is 520 g/mol. The molecule has 190 valence electrons. The Morgan fingerprint density at radius 2 is 1.60 bits per heavy atom. The molecule has 0 amide bonds. The van der Waals surface area contributed by atoms with Gasteiger partial charge < -0.3 is 13.9 Å². The molecule has 5 nitrogen and oxygen atoms in total. The van der Waals surface area contributed by atoms with E-state index in [4.69, 9.17) is 13.9 Å². The summed E-state index contributed by atoms with van der Waals surface area (Å²) in [6.45, 7) is 14.7. The van der Waals surface area contributed by atoms with Crippen LogP contribution >= 0.6 is 15.9 Å². The third-order valence-corrected chi connectivity index (χ3v) is 13.4. The van der Waals surface area contributed by atoms with Gasteiger partial charge in [-0.1, -0.05) is 47.5 Å². The fourth-order valence-electron chi connectivity index (χ4n) is 5.09. The van der Waals surface area contributed by atoms with Crippen molar-refractivity contribution in [3.8, 4) is 23.5 Å². The highest BCUT2D eigenvalue weighted by atomic mass is 79.9. The van der Waals surface area contributed by atoms with Gasteiger partial charge in [-0.2, -0.15) is 0 Å². The average Bonchev–Trinajstić information content (AvgIpc) is 2.78. The smallest absolute Gasteiger partial charge is 0.213 e. The molecule has 0 radical (unpaired) electrons. The second-order valence-corrected chi connectivity index (χ2v) is 16.6. The number of aromatic nitrogens is 2. The highest BCUT2D eigenvalue weighted by Crippen LogP contribution is 2.42. The number of nitrogens with zero attached hydrogens (tertiary/aromatic N) is 2. The molecule has 0 spiro atoms. The van der Waals surface area contributed by atoms with Gasteiger partial charge in [-0.3, -0.25) is 0 Å². The van der Waals surface area contributed by atoms with Crippen LogP contribution in [-0.4, -0.2) is 37.1 Å². The number of rotatable bonds is 11. The predicted octanol–water partition coefficient (Wildman–Crippen LogP) is 7.55. The van der Waals surface area contributed by atoms with E-state index in [0.29, 0.717) is 22.5 Å². The minimum absolute atomic E-state index is 0.144. The van der Waals surface area contributed by atoms with Crippen LogP contribution in [0.2, 0.25) is 16.6 Å². The van der Waals surface area contributed by atoms with Gasteiger partial charge in [0.05, 0.1) is 6.20 Å². The molecule has 0 atom stereocenters. The minimum atomic E-state index is -1.78. The number of unbranched alkanes of at least 4 members (excludes halogenated alkanes) is 1. The summed E-state index contributed by atoms with van der Waals surface area (Å²) in [5, 5.41) is 0. The second kappa shape index (κ2) is 12.9. The first-order valence-corrected chi connectivity index (χ1v) is 15.7. The van der Waals surface area contributed by atoms with Gasteiger partial charge in [-0.25, -0.2) is 9.97 Å². The molecule has 1 aliphatic rings. The number of hydrogen-bond acceptors (Lipinski definition) is 5. The van der Waals surface area contributed by atoms with E-state index in [1.165, 1.54) is 0 Å². The first-order valence-electron chi connectivity index (χ1n) is 12.7.